The minimum absolute atomic E-state index is 0.125. The number of hydrogen-bond donors (Lipinski definition) is 2. The Bertz CT molecular complexity index is 255. The fourth-order valence-corrected chi connectivity index (χ4v) is 0.884. The summed E-state index contributed by atoms with van der Waals surface area (Å²) in [6.07, 6.45) is -0.285. The molecule has 0 aliphatic heterocycles. The third-order valence-corrected chi connectivity index (χ3v) is 1.69. The molecule has 0 aliphatic carbocycles. The Balaban J connectivity index is 3.67. The van der Waals surface area contributed by atoms with E-state index in [1.165, 1.54) is 7.11 Å². The van der Waals surface area contributed by atoms with Crippen molar-refractivity contribution in [3.63, 3.8) is 0 Å². The second-order valence-electron chi connectivity index (χ2n) is 2.38. The van der Waals surface area contributed by atoms with E-state index in [1.807, 2.05) is 0 Å². The molecule has 0 atom stereocenters. The van der Waals surface area contributed by atoms with Gasteiger partial charge in [0.25, 0.3) is 0 Å². The molecule has 0 unspecified atom stereocenters. The number of ether oxygens (including phenoxy) is 1. The Morgan fingerprint density at radius 3 is 2.29 bits per heavy atom. The molecular formula is C6H11O7P. The molecule has 0 bridgehead atoms. The molecule has 0 amide bonds. The van der Waals surface area contributed by atoms with Gasteiger partial charge in [-0.25, -0.2) is 4.57 Å². The van der Waals surface area contributed by atoms with E-state index < -0.39 is 26.2 Å². The van der Waals surface area contributed by atoms with Crippen LogP contribution in [0.3, 0.4) is 0 Å². The van der Waals surface area contributed by atoms with Crippen LogP contribution in [-0.4, -0.2) is 35.3 Å². The van der Waals surface area contributed by atoms with Crippen LogP contribution in [0.1, 0.15) is 12.8 Å². The number of Topliss-reactive ketones (excluding diaryl/α,β-unsaturated/α-hetero) is 1. The molecule has 2 N–H and O–H groups in total. The highest BCUT2D eigenvalue weighted by Crippen LogP contribution is 2.35. The van der Waals surface area contributed by atoms with Crippen LogP contribution in [0.25, 0.3) is 0 Å². The van der Waals surface area contributed by atoms with E-state index in [1.54, 1.807) is 0 Å². The summed E-state index contributed by atoms with van der Waals surface area (Å²) < 4.78 is 18.3. The first-order chi connectivity index (χ1) is 6.35. The first kappa shape index (κ1) is 13.2. The Kier molecular flexibility index (Phi) is 5.56. The predicted molar refractivity (Wildman–Crippen MR) is 44.3 cm³/mol. The molecule has 0 aromatic rings. The first-order valence-electron chi connectivity index (χ1n) is 3.64. The van der Waals surface area contributed by atoms with Gasteiger partial charge < -0.3 is 14.5 Å². The topological polar surface area (TPSA) is 110 Å². The van der Waals surface area contributed by atoms with Crippen molar-refractivity contribution in [3.8, 4) is 0 Å². The molecule has 0 saturated carbocycles. The highest BCUT2D eigenvalue weighted by molar-refractivity contribution is 7.46. The van der Waals surface area contributed by atoms with Gasteiger partial charge in [0.1, 0.15) is 6.61 Å². The predicted octanol–water partition coefficient (Wildman–Crippen LogP) is -0.382. The summed E-state index contributed by atoms with van der Waals surface area (Å²) in [5.41, 5.74) is 0. The minimum Gasteiger partial charge on any atom is -0.469 e. The van der Waals surface area contributed by atoms with Crippen LogP contribution < -0.4 is 0 Å². The van der Waals surface area contributed by atoms with E-state index in [9.17, 15) is 14.2 Å². The van der Waals surface area contributed by atoms with Crippen LogP contribution in [0.2, 0.25) is 0 Å². The summed E-state index contributed by atoms with van der Waals surface area (Å²) >= 11 is 0. The van der Waals surface area contributed by atoms with Gasteiger partial charge in [0.2, 0.25) is 0 Å². The van der Waals surface area contributed by atoms with Gasteiger partial charge in [-0.05, 0) is 0 Å². The Morgan fingerprint density at radius 2 is 1.86 bits per heavy atom. The van der Waals surface area contributed by atoms with Crippen molar-refractivity contribution in [2.45, 2.75) is 12.8 Å². The average molecular weight is 226 g/mol. The SMILES string of the molecule is COC(=O)CCC(=O)COP(=O)(O)O. The maximum atomic E-state index is 10.8. The van der Waals surface area contributed by atoms with E-state index in [0.29, 0.717) is 0 Å². The van der Waals surface area contributed by atoms with Crippen LogP contribution in [0, 0.1) is 0 Å². The van der Waals surface area contributed by atoms with Crippen molar-refractivity contribution in [2.24, 2.45) is 0 Å². The van der Waals surface area contributed by atoms with E-state index in [0.717, 1.165) is 0 Å². The number of esters is 1. The highest BCUT2D eigenvalue weighted by atomic mass is 31.2. The lowest BCUT2D eigenvalue weighted by atomic mass is 10.2. The number of carbonyl (C=O) groups excluding carboxylic acids is 2. The van der Waals surface area contributed by atoms with Crippen LogP contribution in [0.15, 0.2) is 0 Å². The van der Waals surface area contributed by atoms with Gasteiger partial charge in [-0.1, -0.05) is 0 Å². The molecule has 0 heterocycles. The number of phosphoric acid groups is 1. The Morgan fingerprint density at radius 1 is 1.29 bits per heavy atom. The monoisotopic (exact) mass is 226 g/mol. The minimum atomic E-state index is -4.61. The van der Waals surface area contributed by atoms with Crippen molar-refractivity contribution >= 4 is 19.6 Å². The second-order valence-corrected chi connectivity index (χ2v) is 3.62. The van der Waals surface area contributed by atoms with Crippen molar-refractivity contribution in [1.29, 1.82) is 0 Å². The Labute approximate surface area is 80.3 Å². The van der Waals surface area contributed by atoms with Crippen molar-refractivity contribution in [2.75, 3.05) is 13.7 Å². The van der Waals surface area contributed by atoms with Crippen molar-refractivity contribution in [3.05, 3.63) is 0 Å². The molecule has 0 aromatic carbocycles. The lowest BCUT2D eigenvalue weighted by Crippen LogP contribution is -2.10. The highest BCUT2D eigenvalue weighted by Gasteiger charge is 2.16. The van der Waals surface area contributed by atoms with Crippen molar-refractivity contribution in [1.82, 2.24) is 0 Å². The molecule has 0 fully saturated rings. The molecular weight excluding hydrogens is 215 g/mol. The molecule has 0 radical (unpaired) electrons. The molecule has 82 valence electrons. The standard InChI is InChI=1S/C6H11O7P/c1-12-6(8)3-2-5(7)4-13-14(9,10)11/h2-4H2,1H3,(H2,9,10,11). The van der Waals surface area contributed by atoms with Gasteiger partial charge in [0.15, 0.2) is 5.78 Å². The number of methoxy groups -OCH3 is 1. The molecule has 0 aliphatic rings. The second kappa shape index (κ2) is 5.87. The average Bonchev–Trinajstić information content (AvgIpc) is 2.09. The van der Waals surface area contributed by atoms with Crippen LogP contribution >= 0.6 is 7.82 Å². The van der Waals surface area contributed by atoms with E-state index >= 15 is 0 Å². The molecule has 0 rings (SSSR count). The van der Waals surface area contributed by atoms with E-state index in [2.05, 4.69) is 9.26 Å². The smallest absolute Gasteiger partial charge is 0.469 e. The number of phosphoric ester groups is 1. The summed E-state index contributed by atoms with van der Waals surface area (Å²) in [4.78, 5) is 37.9. The summed E-state index contributed by atoms with van der Waals surface area (Å²) in [6, 6.07) is 0. The van der Waals surface area contributed by atoms with Crippen molar-refractivity contribution < 1.29 is 33.2 Å². The number of carbonyl (C=O) groups is 2. The summed E-state index contributed by atoms with van der Waals surface area (Å²) in [5.74, 6) is -1.13. The summed E-state index contributed by atoms with van der Waals surface area (Å²) in [5, 5.41) is 0. The zero-order chi connectivity index (χ0) is 11.2. The van der Waals surface area contributed by atoms with Gasteiger partial charge >= 0.3 is 13.8 Å². The van der Waals surface area contributed by atoms with Crippen LogP contribution in [-0.2, 0) is 23.4 Å². The third kappa shape index (κ3) is 7.88. The van der Waals surface area contributed by atoms with Gasteiger partial charge in [0, 0.05) is 6.42 Å². The van der Waals surface area contributed by atoms with Gasteiger partial charge in [-0.3, -0.25) is 14.1 Å². The van der Waals surface area contributed by atoms with Crippen LogP contribution in [0.5, 0.6) is 0 Å². The number of hydrogen-bond acceptors (Lipinski definition) is 5. The fourth-order valence-electron chi connectivity index (χ4n) is 0.572. The molecule has 7 nitrogen and oxygen atoms in total. The fraction of sp³-hybridized carbons (Fsp3) is 0.667. The largest absolute Gasteiger partial charge is 0.470 e. The normalized spacial score (nSPS) is 11.1. The Hall–Kier alpha value is -0.750. The zero-order valence-electron chi connectivity index (χ0n) is 7.50. The maximum absolute atomic E-state index is 10.8. The quantitative estimate of drug-likeness (QED) is 0.469. The zero-order valence-corrected chi connectivity index (χ0v) is 8.40. The van der Waals surface area contributed by atoms with Gasteiger partial charge in [-0.15, -0.1) is 0 Å². The molecule has 0 saturated heterocycles. The molecule has 0 spiro atoms. The lowest BCUT2D eigenvalue weighted by molar-refractivity contribution is -0.142. The van der Waals surface area contributed by atoms with Gasteiger partial charge in [0.05, 0.1) is 13.5 Å². The maximum Gasteiger partial charge on any atom is 0.470 e. The number of rotatable bonds is 6. The van der Waals surface area contributed by atoms with Gasteiger partial charge in [-0.2, -0.15) is 0 Å². The lowest BCUT2D eigenvalue weighted by Gasteiger charge is -2.03. The summed E-state index contributed by atoms with van der Waals surface area (Å²) in [6.45, 7) is -0.707. The van der Waals surface area contributed by atoms with Crippen LogP contribution in [0.4, 0.5) is 0 Å². The number of ketones is 1. The molecule has 14 heavy (non-hydrogen) atoms. The molecule has 8 heteroatoms. The summed E-state index contributed by atoms with van der Waals surface area (Å²) in [7, 11) is -3.43. The third-order valence-electron chi connectivity index (χ3n) is 1.23. The van der Waals surface area contributed by atoms with E-state index in [4.69, 9.17) is 9.79 Å². The first-order valence-corrected chi connectivity index (χ1v) is 5.17. The molecule has 0 aromatic heterocycles. The van der Waals surface area contributed by atoms with E-state index in [-0.39, 0.29) is 12.8 Å².